The Bertz CT molecular complexity index is 522. The lowest BCUT2D eigenvalue weighted by atomic mass is 10.3. The molecule has 2 N–H and O–H groups in total. The maximum Gasteiger partial charge on any atom is 0.260 e. The van der Waals surface area contributed by atoms with E-state index in [9.17, 15) is 8.42 Å². The number of hydrogen-bond donors (Lipinski definition) is 2. The van der Waals surface area contributed by atoms with Crippen LogP contribution in [0.5, 0.6) is 0 Å². The van der Waals surface area contributed by atoms with Gasteiger partial charge in [0.2, 0.25) is 0 Å². The lowest BCUT2D eigenvalue weighted by Gasteiger charge is -2.17. The molecule has 114 valence electrons. The molecule has 0 amide bonds. The van der Waals surface area contributed by atoms with Gasteiger partial charge in [0.1, 0.15) is 0 Å². The molecule has 1 aromatic rings. The van der Waals surface area contributed by atoms with Gasteiger partial charge < -0.3 is 5.32 Å². The Labute approximate surface area is 121 Å². The second-order valence-corrected chi connectivity index (χ2v) is 7.00. The minimum atomic E-state index is -3.51. The molecule has 1 aromatic heterocycles. The molecule has 0 aromatic carbocycles. The summed E-state index contributed by atoms with van der Waals surface area (Å²) in [5.41, 5.74) is 0.661. The summed E-state index contributed by atoms with van der Waals surface area (Å²) in [4.78, 5) is 0. The van der Waals surface area contributed by atoms with Crippen molar-refractivity contribution in [3.05, 3.63) is 24.4 Å². The summed E-state index contributed by atoms with van der Waals surface area (Å²) in [6.45, 7) is 8.59. The van der Waals surface area contributed by atoms with Crippen molar-refractivity contribution in [1.82, 2.24) is 19.8 Å². The molecule has 1 heterocycles. The number of hydrogen-bond acceptors (Lipinski definition) is 4. The van der Waals surface area contributed by atoms with E-state index in [0.717, 1.165) is 12.8 Å². The van der Waals surface area contributed by atoms with E-state index in [-0.39, 0.29) is 11.1 Å². The van der Waals surface area contributed by atoms with Crippen LogP contribution in [0.2, 0.25) is 0 Å². The molecule has 0 aliphatic rings. The highest BCUT2D eigenvalue weighted by Gasteiger charge is 2.25. The van der Waals surface area contributed by atoms with Crippen LogP contribution in [0.4, 0.5) is 0 Å². The molecule has 6 nitrogen and oxygen atoms in total. The second kappa shape index (κ2) is 7.56. The van der Waals surface area contributed by atoms with Crippen molar-refractivity contribution in [3.8, 4) is 0 Å². The molecule has 1 rings (SSSR count). The Kier molecular flexibility index (Phi) is 6.38. The third-order valence-corrected chi connectivity index (χ3v) is 4.80. The molecule has 0 saturated heterocycles. The number of H-pyrrole nitrogens is 1. The Hall–Kier alpha value is -1.18. The van der Waals surface area contributed by atoms with Crippen LogP contribution in [0.1, 0.15) is 32.3 Å². The third-order valence-electron chi connectivity index (χ3n) is 2.93. The monoisotopic (exact) mass is 300 g/mol. The van der Waals surface area contributed by atoms with Crippen molar-refractivity contribution in [2.75, 3.05) is 13.6 Å². The SMILES string of the molecule is C=CCCCN(C)S(=O)(=O)c1[nH]ncc1CNC(C)C. The van der Waals surface area contributed by atoms with Gasteiger partial charge in [0.15, 0.2) is 5.03 Å². The van der Waals surface area contributed by atoms with Gasteiger partial charge in [-0.1, -0.05) is 19.9 Å². The topological polar surface area (TPSA) is 78.1 Å². The van der Waals surface area contributed by atoms with Crippen molar-refractivity contribution in [3.63, 3.8) is 0 Å². The molecule has 20 heavy (non-hydrogen) atoms. The van der Waals surface area contributed by atoms with Gasteiger partial charge in [-0.25, -0.2) is 8.42 Å². The van der Waals surface area contributed by atoms with Gasteiger partial charge in [0.05, 0.1) is 6.20 Å². The van der Waals surface area contributed by atoms with Gasteiger partial charge in [0, 0.05) is 31.7 Å². The highest BCUT2D eigenvalue weighted by Crippen LogP contribution is 2.17. The molecule has 0 saturated carbocycles. The average molecular weight is 300 g/mol. The zero-order valence-electron chi connectivity index (χ0n) is 12.4. The van der Waals surface area contributed by atoms with Crippen molar-refractivity contribution in [2.24, 2.45) is 0 Å². The van der Waals surface area contributed by atoms with Gasteiger partial charge in [-0.05, 0) is 12.8 Å². The summed E-state index contributed by atoms with van der Waals surface area (Å²) >= 11 is 0. The molecule has 0 aliphatic heterocycles. The molecule has 0 spiro atoms. The average Bonchev–Trinajstić information content (AvgIpc) is 2.85. The van der Waals surface area contributed by atoms with Crippen LogP contribution in [-0.2, 0) is 16.6 Å². The van der Waals surface area contributed by atoms with Crippen molar-refractivity contribution >= 4 is 10.0 Å². The molecule has 0 radical (unpaired) electrons. The minimum Gasteiger partial charge on any atom is -0.310 e. The summed E-state index contributed by atoms with van der Waals surface area (Å²) in [7, 11) is -1.93. The van der Waals surface area contributed by atoms with E-state index in [1.54, 1.807) is 19.3 Å². The van der Waals surface area contributed by atoms with Crippen LogP contribution in [-0.4, -0.2) is 42.6 Å². The standard InChI is InChI=1S/C13H24N4O2S/c1-5-6-7-8-17(4)20(18,19)13-12(10-15-16-13)9-14-11(2)3/h5,10-11,14H,1,6-9H2,2-4H3,(H,15,16). The number of nitrogens with one attached hydrogen (secondary N) is 2. The number of sulfonamides is 1. The van der Waals surface area contributed by atoms with Crippen LogP contribution in [0.25, 0.3) is 0 Å². The summed E-state index contributed by atoms with van der Waals surface area (Å²) < 4.78 is 26.3. The first-order valence-corrected chi connectivity index (χ1v) is 8.16. The quantitative estimate of drug-likeness (QED) is 0.535. The van der Waals surface area contributed by atoms with E-state index in [2.05, 4.69) is 22.1 Å². The third kappa shape index (κ3) is 4.43. The van der Waals surface area contributed by atoms with Gasteiger partial charge in [-0.15, -0.1) is 6.58 Å². The Balaban J connectivity index is 2.81. The molecule has 7 heteroatoms. The fourth-order valence-corrected chi connectivity index (χ4v) is 3.00. The molecular formula is C13H24N4O2S. The molecular weight excluding hydrogens is 276 g/mol. The first kappa shape index (κ1) is 16.9. The van der Waals surface area contributed by atoms with E-state index in [4.69, 9.17) is 0 Å². The molecule has 0 atom stereocenters. The highest BCUT2D eigenvalue weighted by atomic mass is 32.2. The van der Waals surface area contributed by atoms with E-state index in [0.29, 0.717) is 18.7 Å². The zero-order chi connectivity index (χ0) is 15.2. The van der Waals surface area contributed by atoms with E-state index < -0.39 is 10.0 Å². The number of rotatable bonds is 9. The maximum absolute atomic E-state index is 12.5. The summed E-state index contributed by atoms with van der Waals surface area (Å²) in [5.74, 6) is 0. The van der Waals surface area contributed by atoms with Crippen molar-refractivity contribution < 1.29 is 8.42 Å². The molecule has 0 unspecified atom stereocenters. The number of aromatic nitrogens is 2. The van der Waals surface area contributed by atoms with E-state index >= 15 is 0 Å². The largest absolute Gasteiger partial charge is 0.310 e. The lowest BCUT2D eigenvalue weighted by molar-refractivity contribution is 0.458. The number of unbranched alkanes of at least 4 members (excludes halogenated alkanes) is 1. The lowest BCUT2D eigenvalue weighted by Crippen LogP contribution is -2.30. The second-order valence-electron chi connectivity index (χ2n) is 5.02. The van der Waals surface area contributed by atoms with Crippen LogP contribution < -0.4 is 5.32 Å². The van der Waals surface area contributed by atoms with Gasteiger partial charge >= 0.3 is 0 Å². The van der Waals surface area contributed by atoms with Crippen molar-refractivity contribution in [1.29, 1.82) is 0 Å². The van der Waals surface area contributed by atoms with Crippen molar-refractivity contribution in [2.45, 2.75) is 44.3 Å². The van der Waals surface area contributed by atoms with E-state index in [1.807, 2.05) is 13.8 Å². The van der Waals surface area contributed by atoms with Crippen LogP contribution >= 0.6 is 0 Å². The first-order valence-electron chi connectivity index (χ1n) is 6.72. The molecule has 0 bridgehead atoms. The summed E-state index contributed by atoms with van der Waals surface area (Å²) in [5, 5.41) is 9.83. The Morgan fingerprint density at radius 1 is 1.55 bits per heavy atom. The zero-order valence-corrected chi connectivity index (χ0v) is 13.2. The summed E-state index contributed by atoms with van der Waals surface area (Å²) in [6.07, 6.45) is 4.89. The summed E-state index contributed by atoms with van der Waals surface area (Å²) in [6, 6.07) is 0.283. The predicted octanol–water partition coefficient (Wildman–Crippen LogP) is 1.49. The fraction of sp³-hybridized carbons (Fsp3) is 0.615. The number of nitrogens with zero attached hydrogens (tertiary/aromatic N) is 2. The Morgan fingerprint density at radius 3 is 2.85 bits per heavy atom. The van der Waals surface area contributed by atoms with Gasteiger partial charge in [0.25, 0.3) is 10.0 Å². The molecule has 0 aliphatic carbocycles. The Morgan fingerprint density at radius 2 is 2.25 bits per heavy atom. The predicted molar refractivity (Wildman–Crippen MR) is 79.8 cm³/mol. The van der Waals surface area contributed by atoms with Gasteiger partial charge in [-0.3, -0.25) is 5.10 Å². The number of allylic oxidation sites excluding steroid dienone is 1. The smallest absolute Gasteiger partial charge is 0.260 e. The maximum atomic E-state index is 12.5. The van der Waals surface area contributed by atoms with Crippen LogP contribution in [0.15, 0.2) is 23.9 Å². The number of aromatic amines is 1. The van der Waals surface area contributed by atoms with Gasteiger partial charge in [-0.2, -0.15) is 9.40 Å². The van der Waals surface area contributed by atoms with Crippen LogP contribution in [0, 0.1) is 0 Å². The minimum absolute atomic E-state index is 0.173. The highest BCUT2D eigenvalue weighted by molar-refractivity contribution is 7.89. The normalized spacial score (nSPS) is 12.2. The fourth-order valence-electron chi connectivity index (χ4n) is 1.70. The molecule has 0 fully saturated rings. The van der Waals surface area contributed by atoms with Crippen LogP contribution in [0.3, 0.4) is 0 Å². The first-order chi connectivity index (χ1) is 9.39. The van der Waals surface area contributed by atoms with E-state index in [1.165, 1.54) is 4.31 Å².